The zero-order valence-corrected chi connectivity index (χ0v) is 18.6. The molecule has 30 heavy (non-hydrogen) atoms. The normalized spacial score (nSPS) is 10.8. The summed E-state index contributed by atoms with van der Waals surface area (Å²) in [6.07, 6.45) is 4.20. The molecule has 0 radical (unpaired) electrons. The monoisotopic (exact) mass is 412 g/mol. The van der Waals surface area contributed by atoms with Crippen LogP contribution in [0.2, 0.25) is 0 Å². The standard InChI is InChI=1S/C23H33N5O2/c1-5-12-27(23(30)21-17-24-19(2)16-25-21)13-11-22(29)28(15-14-26(3)4)18-20-9-7-6-8-10-20/h6-10,16-17H,5,11-15,18H2,1-4H3/p+1. The number of likely N-dealkylation sites (N-methyl/N-ethyl adjacent to an activating group) is 1. The topological polar surface area (TPSA) is 70.8 Å². The molecule has 0 spiro atoms. The number of rotatable bonds is 11. The predicted molar refractivity (Wildman–Crippen MR) is 117 cm³/mol. The van der Waals surface area contributed by atoms with Crippen LogP contribution in [-0.2, 0) is 11.3 Å². The third-order valence-corrected chi connectivity index (χ3v) is 4.83. The van der Waals surface area contributed by atoms with Crippen LogP contribution in [0.1, 0.15) is 41.5 Å². The minimum atomic E-state index is -0.176. The van der Waals surface area contributed by atoms with Crippen molar-refractivity contribution in [2.24, 2.45) is 0 Å². The van der Waals surface area contributed by atoms with E-state index in [1.807, 2.05) is 49.1 Å². The summed E-state index contributed by atoms with van der Waals surface area (Å²) in [5.41, 5.74) is 2.19. The fourth-order valence-electron chi connectivity index (χ4n) is 3.09. The lowest BCUT2D eigenvalue weighted by Gasteiger charge is -2.26. The van der Waals surface area contributed by atoms with Crippen LogP contribution in [0, 0.1) is 6.92 Å². The second kappa shape index (κ2) is 12.0. The first-order valence-electron chi connectivity index (χ1n) is 10.6. The van der Waals surface area contributed by atoms with Crippen molar-refractivity contribution in [1.29, 1.82) is 0 Å². The second-order valence-corrected chi connectivity index (χ2v) is 7.84. The molecule has 0 saturated heterocycles. The van der Waals surface area contributed by atoms with Gasteiger partial charge < -0.3 is 14.7 Å². The number of benzene rings is 1. The largest absolute Gasteiger partial charge is 0.338 e. The molecule has 1 heterocycles. The smallest absolute Gasteiger partial charge is 0.274 e. The molecule has 2 rings (SSSR count). The number of hydrogen-bond donors (Lipinski definition) is 1. The maximum absolute atomic E-state index is 13.0. The summed E-state index contributed by atoms with van der Waals surface area (Å²) in [4.78, 5) is 39.1. The number of nitrogens with zero attached hydrogens (tertiary/aromatic N) is 4. The zero-order valence-electron chi connectivity index (χ0n) is 18.6. The van der Waals surface area contributed by atoms with Crippen LogP contribution in [0.4, 0.5) is 0 Å². The van der Waals surface area contributed by atoms with Crippen molar-refractivity contribution in [1.82, 2.24) is 19.8 Å². The number of carbonyl (C=O) groups excluding carboxylic acids is 2. The number of aromatic nitrogens is 2. The van der Waals surface area contributed by atoms with E-state index >= 15 is 0 Å². The summed E-state index contributed by atoms with van der Waals surface area (Å²) in [6, 6.07) is 10.0. The van der Waals surface area contributed by atoms with E-state index in [1.54, 1.807) is 11.1 Å². The molecule has 0 saturated carbocycles. The number of nitrogens with one attached hydrogen (secondary N) is 1. The summed E-state index contributed by atoms with van der Waals surface area (Å²) in [5.74, 6) is -0.117. The van der Waals surface area contributed by atoms with Crippen molar-refractivity contribution in [3.63, 3.8) is 0 Å². The van der Waals surface area contributed by atoms with Gasteiger partial charge in [0, 0.05) is 32.3 Å². The Morgan fingerprint density at radius 2 is 1.70 bits per heavy atom. The van der Waals surface area contributed by atoms with Gasteiger partial charge in [-0.15, -0.1) is 0 Å². The number of hydrogen-bond acceptors (Lipinski definition) is 4. The zero-order chi connectivity index (χ0) is 21.9. The fraction of sp³-hybridized carbons (Fsp3) is 0.478. The lowest BCUT2D eigenvalue weighted by atomic mass is 10.2. The first kappa shape index (κ1) is 23.5. The van der Waals surface area contributed by atoms with Gasteiger partial charge in [-0.2, -0.15) is 0 Å². The van der Waals surface area contributed by atoms with Crippen LogP contribution in [0.3, 0.4) is 0 Å². The van der Waals surface area contributed by atoms with E-state index in [4.69, 9.17) is 0 Å². The number of amides is 2. The SMILES string of the molecule is CCCN(CCC(=O)N(CC[NH+](C)C)Cc1ccccc1)C(=O)c1cnc(C)cn1. The molecule has 0 unspecified atom stereocenters. The Hall–Kier alpha value is -2.80. The Labute approximate surface area is 179 Å². The van der Waals surface area contributed by atoms with Gasteiger partial charge in [0.1, 0.15) is 5.69 Å². The Morgan fingerprint density at radius 3 is 2.30 bits per heavy atom. The van der Waals surface area contributed by atoms with Crippen LogP contribution in [-0.4, -0.2) is 71.9 Å². The lowest BCUT2D eigenvalue weighted by molar-refractivity contribution is -0.857. The first-order chi connectivity index (χ1) is 14.4. The van der Waals surface area contributed by atoms with E-state index in [9.17, 15) is 9.59 Å². The average molecular weight is 413 g/mol. The Morgan fingerprint density at radius 1 is 0.967 bits per heavy atom. The molecule has 2 aromatic rings. The van der Waals surface area contributed by atoms with Crippen molar-refractivity contribution in [3.8, 4) is 0 Å². The van der Waals surface area contributed by atoms with Crippen molar-refractivity contribution in [2.75, 3.05) is 40.3 Å². The van der Waals surface area contributed by atoms with E-state index in [0.29, 0.717) is 38.3 Å². The van der Waals surface area contributed by atoms with Crippen molar-refractivity contribution in [3.05, 3.63) is 59.7 Å². The molecule has 0 fully saturated rings. The van der Waals surface area contributed by atoms with E-state index in [2.05, 4.69) is 24.1 Å². The number of carbonyl (C=O) groups is 2. The lowest BCUT2D eigenvalue weighted by Crippen LogP contribution is -3.06. The highest BCUT2D eigenvalue weighted by atomic mass is 16.2. The van der Waals surface area contributed by atoms with Crippen molar-refractivity contribution >= 4 is 11.8 Å². The van der Waals surface area contributed by atoms with Gasteiger partial charge >= 0.3 is 0 Å². The molecule has 7 nitrogen and oxygen atoms in total. The summed E-state index contributed by atoms with van der Waals surface area (Å²) in [7, 11) is 4.16. The maximum atomic E-state index is 13.0. The predicted octanol–water partition coefficient (Wildman–Crippen LogP) is 1.20. The van der Waals surface area contributed by atoms with Gasteiger partial charge in [-0.1, -0.05) is 37.3 Å². The molecule has 0 aliphatic rings. The minimum Gasteiger partial charge on any atom is -0.338 e. The van der Waals surface area contributed by atoms with Gasteiger partial charge in [0.15, 0.2) is 0 Å². The summed E-state index contributed by atoms with van der Waals surface area (Å²) >= 11 is 0. The van der Waals surface area contributed by atoms with E-state index in [-0.39, 0.29) is 11.8 Å². The van der Waals surface area contributed by atoms with Gasteiger partial charge in [-0.25, -0.2) is 4.98 Å². The molecular formula is C23H34N5O2+. The second-order valence-electron chi connectivity index (χ2n) is 7.84. The summed E-state index contributed by atoms with van der Waals surface area (Å²) in [5, 5.41) is 0. The fourth-order valence-corrected chi connectivity index (χ4v) is 3.09. The van der Waals surface area contributed by atoms with E-state index < -0.39 is 0 Å². The molecule has 7 heteroatoms. The Balaban J connectivity index is 2.03. The highest BCUT2D eigenvalue weighted by Crippen LogP contribution is 2.08. The molecule has 0 bridgehead atoms. The van der Waals surface area contributed by atoms with Gasteiger partial charge in [-0.3, -0.25) is 14.6 Å². The molecule has 162 valence electrons. The maximum Gasteiger partial charge on any atom is 0.274 e. The Kier molecular flexibility index (Phi) is 9.41. The van der Waals surface area contributed by atoms with E-state index in [1.165, 1.54) is 11.1 Å². The average Bonchev–Trinajstić information content (AvgIpc) is 2.74. The highest BCUT2D eigenvalue weighted by Gasteiger charge is 2.20. The minimum absolute atomic E-state index is 0.0593. The van der Waals surface area contributed by atoms with Gasteiger partial charge in [0.25, 0.3) is 5.91 Å². The quantitative estimate of drug-likeness (QED) is 0.602. The molecular weight excluding hydrogens is 378 g/mol. The summed E-state index contributed by atoms with van der Waals surface area (Å²) < 4.78 is 0. The molecule has 0 aliphatic heterocycles. The van der Waals surface area contributed by atoms with Crippen LogP contribution in [0.15, 0.2) is 42.7 Å². The van der Waals surface area contributed by atoms with Gasteiger partial charge in [0.2, 0.25) is 5.91 Å². The number of quaternary nitrogens is 1. The Bertz CT molecular complexity index is 793. The van der Waals surface area contributed by atoms with E-state index in [0.717, 1.165) is 24.2 Å². The molecule has 1 N–H and O–H groups in total. The van der Waals surface area contributed by atoms with Crippen LogP contribution >= 0.6 is 0 Å². The van der Waals surface area contributed by atoms with Gasteiger partial charge in [-0.05, 0) is 18.9 Å². The molecule has 0 atom stereocenters. The van der Waals surface area contributed by atoms with Crippen LogP contribution in [0.25, 0.3) is 0 Å². The highest BCUT2D eigenvalue weighted by molar-refractivity contribution is 5.92. The van der Waals surface area contributed by atoms with Crippen molar-refractivity contribution < 1.29 is 14.5 Å². The molecule has 0 aliphatic carbocycles. The molecule has 1 aromatic heterocycles. The van der Waals surface area contributed by atoms with Gasteiger partial charge in [0.05, 0.1) is 39.1 Å². The molecule has 2 amide bonds. The van der Waals surface area contributed by atoms with Crippen molar-refractivity contribution in [2.45, 2.75) is 33.2 Å². The van der Waals surface area contributed by atoms with Crippen LogP contribution in [0.5, 0.6) is 0 Å². The molecule has 1 aromatic carbocycles. The first-order valence-corrected chi connectivity index (χ1v) is 10.6. The summed E-state index contributed by atoms with van der Waals surface area (Å²) in [6.45, 7) is 6.95. The van der Waals surface area contributed by atoms with Crippen LogP contribution < -0.4 is 4.90 Å². The number of aryl methyl sites for hydroxylation is 1. The third kappa shape index (κ3) is 7.55. The third-order valence-electron chi connectivity index (χ3n) is 4.83.